The van der Waals surface area contributed by atoms with Crippen LogP contribution in [0.4, 0.5) is 10.7 Å². The van der Waals surface area contributed by atoms with E-state index in [0.29, 0.717) is 10.6 Å². The van der Waals surface area contributed by atoms with Crippen LogP contribution in [0, 0.1) is 0 Å². The van der Waals surface area contributed by atoms with Crippen LogP contribution in [-0.2, 0) is 4.74 Å². The molecule has 0 saturated carbocycles. The predicted molar refractivity (Wildman–Crippen MR) is 83.2 cm³/mol. The molecule has 0 bridgehead atoms. The number of primary amides is 1. The number of rotatable bonds is 9. The first-order chi connectivity index (χ1) is 9.11. The summed E-state index contributed by atoms with van der Waals surface area (Å²) in [6, 6.07) is 0. The molecular weight excluding hydrogens is 282 g/mol. The van der Waals surface area contributed by atoms with Crippen LogP contribution in [0.3, 0.4) is 0 Å². The minimum absolute atomic E-state index is 0.436. The Kier molecular flexibility index (Phi) is 7.04. The van der Waals surface area contributed by atoms with Gasteiger partial charge < -0.3 is 21.5 Å². The van der Waals surface area contributed by atoms with E-state index in [1.165, 1.54) is 23.1 Å². The van der Waals surface area contributed by atoms with Crippen molar-refractivity contribution in [1.29, 1.82) is 0 Å². The number of ether oxygens (including phenoxy) is 1. The van der Waals surface area contributed by atoms with Crippen molar-refractivity contribution in [1.82, 2.24) is 0 Å². The third kappa shape index (κ3) is 4.59. The van der Waals surface area contributed by atoms with Crippen molar-refractivity contribution in [3.8, 4) is 0 Å². The van der Waals surface area contributed by atoms with Crippen molar-refractivity contribution < 1.29 is 9.53 Å². The van der Waals surface area contributed by atoms with Crippen LogP contribution >= 0.6 is 23.1 Å². The fourth-order valence-electron chi connectivity index (χ4n) is 1.68. The maximum absolute atomic E-state index is 11.3. The lowest BCUT2D eigenvalue weighted by Gasteiger charge is -2.06. The van der Waals surface area contributed by atoms with Crippen LogP contribution < -0.4 is 16.8 Å². The van der Waals surface area contributed by atoms with Gasteiger partial charge in [0.05, 0.1) is 10.6 Å². The van der Waals surface area contributed by atoms with Gasteiger partial charge in [0.15, 0.2) is 0 Å². The standard InChI is InChI=1S/C12H21N3O2S2/c1-17-7-5-3-4-6-15-12-10(18-2)8(13)9(19-12)11(14)16/h15H,3-7,13H2,1-2H3,(H2,14,16). The number of nitrogens with one attached hydrogen (secondary N) is 1. The zero-order valence-electron chi connectivity index (χ0n) is 11.3. The van der Waals surface area contributed by atoms with Crippen molar-refractivity contribution in [3.05, 3.63) is 4.88 Å². The molecule has 5 N–H and O–H groups in total. The zero-order valence-corrected chi connectivity index (χ0v) is 13.0. The monoisotopic (exact) mass is 303 g/mol. The summed E-state index contributed by atoms with van der Waals surface area (Å²) >= 11 is 2.86. The Balaban J connectivity index is 2.53. The van der Waals surface area contributed by atoms with E-state index in [-0.39, 0.29) is 0 Å². The van der Waals surface area contributed by atoms with E-state index in [9.17, 15) is 4.79 Å². The molecule has 19 heavy (non-hydrogen) atoms. The van der Waals surface area contributed by atoms with Gasteiger partial charge in [-0.25, -0.2) is 0 Å². The molecule has 5 nitrogen and oxygen atoms in total. The number of amides is 1. The first-order valence-electron chi connectivity index (χ1n) is 6.10. The summed E-state index contributed by atoms with van der Waals surface area (Å²) < 4.78 is 5.00. The van der Waals surface area contributed by atoms with E-state index in [4.69, 9.17) is 16.2 Å². The number of nitrogens with two attached hydrogens (primary N) is 2. The summed E-state index contributed by atoms with van der Waals surface area (Å²) in [6.07, 6.45) is 5.17. The fourth-order valence-corrected chi connectivity index (χ4v) is 3.59. The molecule has 0 spiro atoms. The summed E-state index contributed by atoms with van der Waals surface area (Å²) in [6.45, 7) is 1.66. The molecule has 7 heteroatoms. The van der Waals surface area contributed by atoms with Gasteiger partial charge in [0.2, 0.25) is 0 Å². The third-order valence-corrected chi connectivity index (χ3v) is 4.78. The van der Waals surface area contributed by atoms with Crippen molar-refractivity contribution in [3.63, 3.8) is 0 Å². The van der Waals surface area contributed by atoms with E-state index in [1.54, 1.807) is 7.11 Å². The van der Waals surface area contributed by atoms with Crippen molar-refractivity contribution in [2.45, 2.75) is 24.2 Å². The fraction of sp³-hybridized carbons (Fsp3) is 0.583. The van der Waals surface area contributed by atoms with E-state index in [0.717, 1.165) is 42.3 Å². The molecule has 0 fully saturated rings. The van der Waals surface area contributed by atoms with Gasteiger partial charge in [-0.1, -0.05) is 0 Å². The topological polar surface area (TPSA) is 90.4 Å². The number of hydrogen-bond donors (Lipinski definition) is 3. The molecule has 1 rings (SSSR count). The maximum atomic E-state index is 11.3. The second-order valence-electron chi connectivity index (χ2n) is 4.05. The average molecular weight is 303 g/mol. The molecular formula is C12H21N3O2S2. The van der Waals surface area contributed by atoms with Gasteiger partial charge in [0.1, 0.15) is 9.88 Å². The summed E-state index contributed by atoms with van der Waals surface area (Å²) in [7, 11) is 1.71. The number of thioether (sulfide) groups is 1. The van der Waals surface area contributed by atoms with Gasteiger partial charge in [-0.05, 0) is 25.5 Å². The van der Waals surface area contributed by atoms with Gasteiger partial charge in [0.25, 0.3) is 5.91 Å². The first-order valence-corrected chi connectivity index (χ1v) is 8.14. The lowest BCUT2D eigenvalue weighted by atomic mass is 10.2. The molecule has 0 unspecified atom stereocenters. The lowest BCUT2D eigenvalue weighted by molar-refractivity contribution is 0.100. The van der Waals surface area contributed by atoms with E-state index >= 15 is 0 Å². The minimum atomic E-state index is -0.467. The third-order valence-electron chi connectivity index (χ3n) is 2.64. The molecule has 1 aromatic heterocycles. The van der Waals surface area contributed by atoms with Crippen molar-refractivity contribution >= 4 is 39.7 Å². The van der Waals surface area contributed by atoms with E-state index in [1.807, 2.05) is 6.26 Å². The number of methoxy groups -OCH3 is 1. The van der Waals surface area contributed by atoms with Crippen molar-refractivity contribution in [2.24, 2.45) is 5.73 Å². The highest BCUT2D eigenvalue weighted by Gasteiger charge is 2.18. The van der Waals surface area contributed by atoms with Crippen molar-refractivity contribution in [2.75, 3.05) is 37.6 Å². The number of carbonyl (C=O) groups is 1. The Morgan fingerprint density at radius 1 is 1.42 bits per heavy atom. The Labute approximate surface area is 122 Å². The smallest absolute Gasteiger partial charge is 0.261 e. The van der Waals surface area contributed by atoms with Crippen LogP contribution in [0.5, 0.6) is 0 Å². The first kappa shape index (κ1) is 16.1. The second-order valence-corrected chi connectivity index (χ2v) is 5.89. The Bertz CT molecular complexity index is 421. The molecule has 0 aliphatic rings. The highest BCUT2D eigenvalue weighted by Crippen LogP contribution is 2.41. The predicted octanol–water partition coefficient (Wildman–Crippen LogP) is 2.38. The number of nitrogen functional groups attached to an aromatic ring is 1. The molecule has 0 aliphatic carbocycles. The van der Waals surface area contributed by atoms with Crippen LogP contribution in [0.1, 0.15) is 28.9 Å². The SMILES string of the molecule is COCCCCCNc1sc(C(N)=O)c(N)c1SC. The molecule has 0 saturated heterocycles. The van der Waals surface area contributed by atoms with Crippen LogP contribution in [-0.4, -0.2) is 32.4 Å². The quantitative estimate of drug-likeness (QED) is 0.481. The minimum Gasteiger partial charge on any atom is -0.396 e. The summed E-state index contributed by atoms with van der Waals surface area (Å²) in [5.74, 6) is -0.467. The van der Waals surface area contributed by atoms with Gasteiger partial charge in [-0.2, -0.15) is 0 Å². The maximum Gasteiger partial charge on any atom is 0.261 e. The molecule has 108 valence electrons. The lowest BCUT2D eigenvalue weighted by Crippen LogP contribution is -2.10. The zero-order chi connectivity index (χ0) is 14.3. The molecule has 1 heterocycles. The van der Waals surface area contributed by atoms with E-state index < -0.39 is 5.91 Å². The number of thiophene rings is 1. The van der Waals surface area contributed by atoms with Gasteiger partial charge in [-0.3, -0.25) is 4.79 Å². The Hall–Kier alpha value is -0.920. The van der Waals surface area contributed by atoms with E-state index in [2.05, 4.69) is 5.32 Å². The van der Waals surface area contributed by atoms with Gasteiger partial charge in [-0.15, -0.1) is 23.1 Å². The number of carbonyl (C=O) groups excluding carboxylic acids is 1. The Morgan fingerprint density at radius 3 is 2.74 bits per heavy atom. The average Bonchev–Trinajstić information content (AvgIpc) is 2.70. The van der Waals surface area contributed by atoms with Crippen LogP contribution in [0.25, 0.3) is 0 Å². The highest BCUT2D eigenvalue weighted by molar-refractivity contribution is 7.99. The Morgan fingerprint density at radius 2 is 2.16 bits per heavy atom. The molecule has 1 amide bonds. The number of unbranched alkanes of at least 4 members (excludes halogenated alkanes) is 2. The normalized spacial score (nSPS) is 10.6. The summed E-state index contributed by atoms with van der Waals surface area (Å²) in [5.41, 5.74) is 11.7. The summed E-state index contributed by atoms with van der Waals surface area (Å²) in [5, 5.41) is 4.26. The molecule has 0 aliphatic heterocycles. The van der Waals surface area contributed by atoms with Crippen LogP contribution in [0.15, 0.2) is 4.90 Å². The van der Waals surface area contributed by atoms with Crippen LogP contribution in [0.2, 0.25) is 0 Å². The molecule has 1 aromatic rings. The summed E-state index contributed by atoms with van der Waals surface area (Å²) in [4.78, 5) is 12.6. The van der Waals surface area contributed by atoms with Gasteiger partial charge >= 0.3 is 0 Å². The van der Waals surface area contributed by atoms with Gasteiger partial charge in [0, 0.05) is 20.3 Å². The second kappa shape index (κ2) is 8.29. The molecule has 0 atom stereocenters. The molecule has 0 radical (unpaired) electrons. The largest absolute Gasteiger partial charge is 0.396 e. The number of hydrogen-bond acceptors (Lipinski definition) is 6. The molecule has 0 aromatic carbocycles. The highest BCUT2D eigenvalue weighted by atomic mass is 32.2. The number of anilines is 2.